The molecule has 21 heavy (non-hydrogen) atoms. The van der Waals surface area contributed by atoms with E-state index in [-0.39, 0.29) is 12.0 Å². The highest BCUT2D eigenvalue weighted by Gasteiger charge is 2.23. The zero-order valence-electron chi connectivity index (χ0n) is 12.0. The van der Waals surface area contributed by atoms with Crippen LogP contribution < -0.4 is 5.32 Å². The molecule has 0 atom stereocenters. The van der Waals surface area contributed by atoms with Gasteiger partial charge in [0.1, 0.15) is 11.5 Å². The van der Waals surface area contributed by atoms with Crippen LogP contribution in [-0.4, -0.2) is 47.1 Å². The fraction of sp³-hybridized carbons (Fsp3) is 0.375. The van der Waals surface area contributed by atoms with Gasteiger partial charge in [-0.15, -0.1) is 0 Å². The molecular weight excluding hydrogens is 266 g/mol. The van der Waals surface area contributed by atoms with Gasteiger partial charge in [-0.05, 0) is 24.3 Å². The van der Waals surface area contributed by atoms with Gasteiger partial charge in [0.25, 0.3) is 5.91 Å². The van der Waals surface area contributed by atoms with E-state index in [1.165, 1.54) is 0 Å². The maximum Gasteiger partial charge on any atom is 0.272 e. The van der Waals surface area contributed by atoms with Crippen molar-refractivity contribution in [2.75, 3.05) is 25.5 Å². The van der Waals surface area contributed by atoms with Gasteiger partial charge in [-0.2, -0.15) is 0 Å². The van der Waals surface area contributed by atoms with E-state index in [1.54, 1.807) is 11.9 Å². The lowest BCUT2D eigenvalue weighted by Gasteiger charge is -2.29. The normalized spacial score (nSPS) is 16.2. The van der Waals surface area contributed by atoms with Crippen molar-refractivity contribution in [3.8, 4) is 0 Å². The van der Waals surface area contributed by atoms with E-state index in [0.29, 0.717) is 37.4 Å². The molecule has 5 heteroatoms. The molecule has 1 aromatic carbocycles. The first-order chi connectivity index (χ1) is 10.2. The van der Waals surface area contributed by atoms with Gasteiger partial charge in [-0.1, -0.05) is 24.3 Å². The van der Waals surface area contributed by atoms with Crippen LogP contribution >= 0.6 is 0 Å². The number of piperidine rings is 1. The largest absolute Gasteiger partial charge is 0.393 e. The molecule has 1 saturated heterocycles. The van der Waals surface area contributed by atoms with Crippen LogP contribution in [0.25, 0.3) is 10.8 Å². The molecule has 1 aliphatic rings. The Morgan fingerprint density at radius 3 is 2.76 bits per heavy atom. The van der Waals surface area contributed by atoms with E-state index in [9.17, 15) is 9.90 Å². The van der Waals surface area contributed by atoms with Gasteiger partial charge >= 0.3 is 0 Å². The molecule has 0 aliphatic carbocycles. The van der Waals surface area contributed by atoms with Gasteiger partial charge < -0.3 is 15.3 Å². The molecule has 0 unspecified atom stereocenters. The quantitative estimate of drug-likeness (QED) is 0.884. The van der Waals surface area contributed by atoms with Crippen molar-refractivity contribution >= 4 is 22.5 Å². The third kappa shape index (κ3) is 2.69. The maximum absolute atomic E-state index is 12.6. The van der Waals surface area contributed by atoms with E-state index in [0.717, 1.165) is 10.8 Å². The van der Waals surface area contributed by atoms with Gasteiger partial charge in [-0.3, -0.25) is 4.79 Å². The molecule has 1 aliphatic heterocycles. The number of likely N-dealkylation sites (tertiary alicyclic amines) is 1. The van der Waals surface area contributed by atoms with Gasteiger partial charge in [-0.25, -0.2) is 4.98 Å². The third-order valence-corrected chi connectivity index (χ3v) is 3.95. The summed E-state index contributed by atoms with van der Waals surface area (Å²) >= 11 is 0. The van der Waals surface area contributed by atoms with Crippen LogP contribution in [0.4, 0.5) is 5.82 Å². The summed E-state index contributed by atoms with van der Waals surface area (Å²) in [6, 6.07) is 9.71. The van der Waals surface area contributed by atoms with E-state index in [2.05, 4.69) is 10.3 Å². The molecule has 1 amide bonds. The fourth-order valence-electron chi connectivity index (χ4n) is 2.73. The van der Waals surface area contributed by atoms with Gasteiger partial charge in [0, 0.05) is 25.5 Å². The average Bonchev–Trinajstić information content (AvgIpc) is 2.53. The van der Waals surface area contributed by atoms with Crippen molar-refractivity contribution in [2.45, 2.75) is 18.9 Å². The van der Waals surface area contributed by atoms with Gasteiger partial charge in [0.05, 0.1) is 6.10 Å². The van der Waals surface area contributed by atoms with Crippen LogP contribution in [0.5, 0.6) is 0 Å². The first-order valence-electron chi connectivity index (χ1n) is 7.24. The Labute approximate surface area is 123 Å². The number of benzene rings is 1. The predicted molar refractivity (Wildman–Crippen MR) is 82.4 cm³/mol. The number of nitrogens with zero attached hydrogens (tertiary/aromatic N) is 2. The third-order valence-electron chi connectivity index (χ3n) is 3.95. The van der Waals surface area contributed by atoms with Gasteiger partial charge in [0.2, 0.25) is 0 Å². The summed E-state index contributed by atoms with van der Waals surface area (Å²) in [5.74, 6) is 0.651. The molecular formula is C16H19N3O2. The lowest BCUT2D eigenvalue weighted by Crippen LogP contribution is -2.40. The molecule has 5 nitrogen and oxygen atoms in total. The van der Waals surface area contributed by atoms with Crippen molar-refractivity contribution in [1.29, 1.82) is 0 Å². The highest BCUT2D eigenvalue weighted by Crippen LogP contribution is 2.23. The predicted octanol–water partition coefficient (Wildman–Crippen LogP) is 1.87. The number of rotatable bonds is 2. The summed E-state index contributed by atoms with van der Waals surface area (Å²) in [5.41, 5.74) is 0.453. The lowest BCUT2D eigenvalue weighted by atomic mass is 10.1. The Kier molecular flexibility index (Phi) is 3.75. The SMILES string of the molecule is CNc1nc(C(=O)N2CCC(O)CC2)cc2ccccc12. The van der Waals surface area contributed by atoms with Crippen molar-refractivity contribution in [3.05, 3.63) is 36.0 Å². The zero-order chi connectivity index (χ0) is 14.8. The summed E-state index contributed by atoms with van der Waals surface area (Å²) in [7, 11) is 1.81. The molecule has 110 valence electrons. The fourth-order valence-corrected chi connectivity index (χ4v) is 2.73. The number of aliphatic hydroxyl groups is 1. The van der Waals surface area contributed by atoms with Crippen LogP contribution in [0.3, 0.4) is 0 Å². The average molecular weight is 285 g/mol. The summed E-state index contributed by atoms with van der Waals surface area (Å²) in [4.78, 5) is 18.8. The second-order valence-electron chi connectivity index (χ2n) is 5.35. The molecule has 0 radical (unpaired) electrons. The van der Waals surface area contributed by atoms with Gasteiger partial charge in [0.15, 0.2) is 0 Å². The molecule has 2 N–H and O–H groups in total. The van der Waals surface area contributed by atoms with Crippen LogP contribution in [-0.2, 0) is 0 Å². The molecule has 2 heterocycles. The van der Waals surface area contributed by atoms with E-state index in [1.807, 2.05) is 30.3 Å². The second kappa shape index (κ2) is 5.69. The second-order valence-corrected chi connectivity index (χ2v) is 5.35. The highest BCUT2D eigenvalue weighted by atomic mass is 16.3. The van der Waals surface area contributed by atoms with Crippen LogP contribution in [0, 0.1) is 0 Å². The van der Waals surface area contributed by atoms with Crippen LogP contribution in [0.1, 0.15) is 23.3 Å². The zero-order valence-corrected chi connectivity index (χ0v) is 12.0. The van der Waals surface area contributed by atoms with Crippen molar-refractivity contribution in [2.24, 2.45) is 0 Å². The topological polar surface area (TPSA) is 65.5 Å². The minimum Gasteiger partial charge on any atom is -0.393 e. The Bertz CT molecular complexity index is 664. The number of anilines is 1. The first kappa shape index (κ1) is 13.8. The highest BCUT2D eigenvalue weighted by molar-refractivity contribution is 6.00. The van der Waals surface area contributed by atoms with Crippen LogP contribution in [0.15, 0.2) is 30.3 Å². The summed E-state index contributed by atoms with van der Waals surface area (Å²) in [5, 5.41) is 14.6. The summed E-state index contributed by atoms with van der Waals surface area (Å²) in [6.07, 6.45) is 0.989. The van der Waals surface area contributed by atoms with Crippen molar-refractivity contribution in [1.82, 2.24) is 9.88 Å². The number of hydrogen-bond acceptors (Lipinski definition) is 4. The number of hydrogen-bond donors (Lipinski definition) is 2. The van der Waals surface area contributed by atoms with Crippen LogP contribution in [0.2, 0.25) is 0 Å². The molecule has 0 bridgehead atoms. The minimum atomic E-state index is -0.286. The molecule has 0 saturated carbocycles. The summed E-state index contributed by atoms with van der Waals surface area (Å²) < 4.78 is 0. The molecule has 0 spiro atoms. The molecule has 1 fully saturated rings. The number of aromatic nitrogens is 1. The molecule has 1 aromatic heterocycles. The number of carbonyl (C=O) groups excluding carboxylic acids is 1. The Balaban J connectivity index is 1.94. The summed E-state index contributed by atoms with van der Waals surface area (Å²) in [6.45, 7) is 1.17. The first-order valence-corrected chi connectivity index (χ1v) is 7.24. The number of carbonyl (C=O) groups is 1. The Morgan fingerprint density at radius 1 is 1.33 bits per heavy atom. The van der Waals surface area contributed by atoms with E-state index >= 15 is 0 Å². The van der Waals surface area contributed by atoms with Crippen molar-refractivity contribution < 1.29 is 9.90 Å². The number of amides is 1. The number of fused-ring (bicyclic) bond motifs is 1. The molecule has 2 aromatic rings. The monoisotopic (exact) mass is 285 g/mol. The van der Waals surface area contributed by atoms with E-state index in [4.69, 9.17) is 0 Å². The Morgan fingerprint density at radius 2 is 2.05 bits per heavy atom. The maximum atomic E-state index is 12.6. The number of pyridine rings is 1. The van der Waals surface area contributed by atoms with Crippen molar-refractivity contribution in [3.63, 3.8) is 0 Å². The standard InChI is InChI=1S/C16H19N3O2/c1-17-15-13-5-3-2-4-11(13)10-14(18-15)16(21)19-8-6-12(20)7-9-19/h2-5,10,12,20H,6-9H2,1H3,(H,17,18). The van der Waals surface area contributed by atoms with E-state index < -0.39 is 0 Å². The number of aliphatic hydroxyl groups excluding tert-OH is 1. The Hall–Kier alpha value is -2.14. The molecule has 3 rings (SSSR count). The number of nitrogens with one attached hydrogen (secondary N) is 1. The smallest absolute Gasteiger partial charge is 0.272 e. The lowest BCUT2D eigenvalue weighted by molar-refractivity contribution is 0.0542. The minimum absolute atomic E-state index is 0.0656.